The van der Waals surface area contributed by atoms with Crippen molar-refractivity contribution in [3.8, 4) is 17.0 Å². The first-order chi connectivity index (χ1) is 20.1. The van der Waals surface area contributed by atoms with Gasteiger partial charge >= 0.3 is 5.97 Å². The summed E-state index contributed by atoms with van der Waals surface area (Å²) in [4.78, 5) is 21.2. The number of hydrogen-bond acceptors (Lipinski definition) is 7. The number of aliphatic hydroxyl groups is 1. The molecule has 1 aromatic heterocycles. The number of esters is 1. The molecule has 4 aromatic rings. The van der Waals surface area contributed by atoms with Crippen LogP contribution in [0, 0.1) is 0 Å². The second kappa shape index (κ2) is 18.7. The fourth-order valence-electron chi connectivity index (χ4n) is 3.74. The number of methoxy groups -OCH3 is 1. The van der Waals surface area contributed by atoms with E-state index in [-0.39, 0.29) is 6.61 Å². The standard InChI is InChI=1S/C28H27N3O4.C4H8.C2H6/c1-34-28(33)25(16-20-8-4-2-5-9-20)31-27-24(17-32)26(29-19-30-27)22-12-14-23(15-13-22)35-18-21-10-6-3-7-11-21;1-3-4-2;1-2/h2-15,19,25,32H,16-18H2,1H3,(H,29,30,31);3-4H,1-2H3;1-2H3/b;4-3-;. The molecule has 0 saturated carbocycles. The van der Waals surface area contributed by atoms with Crippen molar-refractivity contribution in [1.82, 2.24) is 9.97 Å². The van der Waals surface area contributed by atoms with Crippen molar-refractivity contribution in [2.24, 2.45) is 0 Å². The van der Waals surface area contributed by atoms with E-state index in [0.29, 0.717) is 30.1 Å². The highest BCUT2D eigenvalue weighted by molar-refractivity contribution is 5.80. The van der Waals surface area contributed by atoms with Crippen molar-refractivity contribution in [1.29, 1.82) is 0 Å². The van der Waals surface area contributed by atoms with Gasteiger partial charge in [0.2, 0.25) is 0 Å². The Balaban J connectivity index is 0.000000902. The van der Waals surface area contributed by atoms with E-state index in [2.05, 4.69) is 15.3 Å². The summed E-state index contributed by atoms with van der Waals surface area (Å²) in [7, 11) is 1.35. The van der Waals surface area contributed by atoms with E-state index < -0.39 is 12.0 Å². The van der Waals surface area contributed by atoms with Crippen LogP contribution in [-0.2, 0) is 29.2 Å². The van der Waals surface area contributed by atoms with Gasteiger partial charge in [0.15, 0.2) is 0 Å². The van der Waals surface area contributed by atoms with Crippen molar-refractivity contribution < 1.29 is 19.4 Å². The Morgan fingerprint density at radius 1 is 0.878 bits per heavy atom. The van der Waals surface area contributed by atoms with Crippen molar-refractivity contribution in [3.05, 3.63) is 120 Å². The molecule has 2 N–H and O–H groups in total. The topological polar surface area (TPSA) is 93.6 Å². The zero-order valence-electron chi connectivity index (χ0n) is 24.6. The molecule has 41 heavy (non-hydrogen) atoms. The number of carbonyl (C=O) groups is 1. The fraction of sp³-hybridized carbons (Fsp3) is 0.265. The first-order valence-corrected chi connectivity index (χ1v) is 13.8. The van der Waals surface area contributed by atoms with Crippen LogP contribution in [-0.4, -0.2) is 34.2 Å². The lowest BCUT2D eigenvalue weighted by atomic mass is 10.0. The Morgan fingerprint density at radius 3 is 2.00 bits per heavy atom. The fourth-order valence-corrected chi connectivity index (χ4v) is 3.74. The lowest BCUT2D eigenvalue weighted by molar-refractivity contribution is -0.141. The molecule has 1 heterocycles. The van der Waals surface area contributed by atoms with E-state index >= 15 is 0 Å². The number of aromatic nitrogens is 2. The maximum absolute atomic E-state index is 12.5. The van der Waals surface area contributed by atoms with E-state index in [4.69, 9.17) is 9.47 Å². The summed E-state index contributed by atoms with van der Waals surface area (Å²) in [6, 6.07) is 26.4. The van der Waals surface area contributed by atoms with Crippen molar-refractivity contribution >= 4 is 11.8 Å². The first-order valence-electron chi connectivity index (χ1n) is 13.8. The van der Waals surface area contributed by atoms with Crippen LogP contribution in [0.2, 0.25) is 0 Å². The van der Waals surface area contributed by atoms with Gasteiger partial charge in [-0.05, 0) is 49.2 Å². The van der Waals surface area contributed by atoms with Gasteiger partial charge < -0.3 is 19.9 Å². The summed E-state index contributed by atoms with van der Waals surface area (Å²) in [5.41, 5.74) is 3.92. The van der Waals surface area contributed by atoms with Crippen LogP contribution in [0.1, 0.15) is 44.4 Å². The normalized spacial score (nSPS) is 10.9. The third kappa shape index (κ3) is 10.5. The lowest BCUT2D eigenvalue weighted by Crippen LogP contribution is -2.33. The summed E-state index contributed by atoms with van der Waals surface area (Å²) >= 11 is 0. The van der Waals surface area contributed by atoms with E-state index in [0.717, 1.165) is 22.4 Å². The van der Waals surface area contributed by atoms with Crippen molar-refractivity contribution in [2.45, 2.75) is 53.4 Å². The minimum Gasteiger partial charge on any atom is -0.489 e. The number of ether oxygens (including phenoxy) is 2. The van der Waals surface area contributed by atoms with Crippen LogP contribution in [0.15, 0.2) is 103 Å². The Bertz CT molecular complexity index is 1310. The number of benzene rings is 3. The molecule has 216 valence electrons. The molecule has 0 radical (unpaired) electrons. The molecule has 7 heteroatoms. The van der Waals surface area contributed by atoms with Crippen LogP contribution >= 0.6 is 0 Å². The number of anilines is 1. The molecule has 1 unspecified atom stereocenters. The Kier molecular flexibility index (Phi) is 15.0. The summed E-state index contributed by atoms with van der Waals surface area (Å²) in [6.45, 7) is 8.17. The number of nitrogens with one attached hydrogen (secondary N) is 1. The molecule has 0 aliphatic heterocycles. The summed E-state index contributed by atoms with van der Waals surface area (Å²) in [5, 5.41) is 13.3. The summed E-state index contributed by atoms with van der Waals surface area (Å²) in [5.74, 6) is 0.690. The predicted molar refractivity (Wildman–Crippen MR) is 166 cm³/mol. The second-order valence-corrected chi connectivity index (χ2v) is 8.58. The molecule has 3 aromatic carbocycles. The van der Waals surface area contributed by atoms with Gasteiger partial charge in [-0.2, -0.15) is 0 Å². The van der Waals surface area contributed by atoms with Crippen LogP contribution < -0.4 is 10.1 Å². The number of rotatable bonds is 10. The minimum absolute atomic E-state index is 0.302. The first kappa shape index (κ1) is 32.7. The van der Waals surface area contributed by atoms with Gasteiger partial charge in [-0.15, -0.1) is 0 Å². The van der Waals surface area contributed by atoms with E-state index in [9.17, 15) is 9.90 Å². The van der Waals surface area contributed by atoms with Gasteiger partial charge in [0.05, 0.1) is 19.4 Å². The average molecular weight is 556 g/mol. The average Bonchev–Trinajstić information content (AvgIpc) is 3.05. The highest BCUT2D eigenvalue weighted by Crippen LogP contribution is 2.28. The molecule has 0 fully saturated rings. The minimum atomic E-state index is -0.677. The molecule has 0 aliphatic rings. The Labute approximate surface area is 243 Å². The highest BCUT2D eigenvalue weighted by atomic mass is 16.5. The van der Waals surface area contributed by atoms with E-state index in [1.165, 1.54) is 13.4 Å². The van der Waals surface area contributed by atoms with Crippen LogP contribution in [0.25, 0.3) is 11.3 Å². The molecule has 0 spiro atoms. The third-order valence-corrected chi connectivity index (χ3v) is 5.89. The van der Waals surface area contributed by atoms with Crippen LogP contribution in [0.3, 0.4) is 0 Å². The molecule has 4 rings (SSSR count). The molecular formula is C34H41N3O4. The number of aliphatic hydroxyl groups excluding tert-OH is 1. The maximum atomic E-state index is 12.5. The summed E-state index contributed by atoms with van der Waals surface area (Å²) in [6.07, 6.45) is 5.82. The van der Waals surface area contributed by atoms with E-state index in [1.807, 2.05) is 125 Å². The number of hydrogen-bond donors (Lipinski definition) is 2. The van der Waals surface area contributed by atoms with Crippen LogP contribution in [0.5, 0.6) is 5.75 Å². The number of allylic oxidation sites excluding steroid dienone is 2. The molecule has 0 aliphatic carbocycles. The summed E-state index contributed by atoms with van der Waals surface area (Å²) < 4.78 is 10.9. The number of carbonyl (C=O) groups excluding carboxylic acids is 1. The smallest absolute Gasteiger partial charge is 0.328 e. The molecule has 0 saturated heterocycles. The Morgan fingerprint density at radius 2 is 1.46 bits per heavy atom. The zero-order chi connectivity index (χ0) is 29.9. The quantitative estimate of drug-likeness (QED) is 0.160. The molecular weight excluding hydrogens is 514 g/mol. The van der Waals surface area contributed by atoms with Gasteiger partial charge in [0.25, 0.3) is 0 Å². The van der Waals surface area contributed by atoms with E-state index in [1.54, 1.807) is 0 Å². The maximum Gasteiger partial charge on any atom is 0.328 e. The SMILES string of the molecule is C/C=C\C.CC.COC(=O)C(Cc1ccccc1)Nc1ncnc(-c2ccc(OCc3ccccc3)cc2)c1CO. The Hall–Kier alpha value is -4.49. The van der Waals surface area contributed by atoms with Gasteiger partial charge in [-0.25, -0.2) is 14.8 Å². The van der Waals surface area contributed by atoms with Gasteiger partial charge in [-0.1, -0.05) is 86.7 Å². The molecule has 0 bridgehead atoms. The lowest BCUT2D eigenvalue weighted by Gasteiger charge is -2.20. The number of nitrogens with zero attached hydrogens (tertiary/aromatic N) is 2. The zero-order valence-corrected chi connectivity index (χ0v) is 24.6. The second-order valence-electron chi connectivity index (χ2n) is 8.58. The molecule has 1 atom stereocenters. The predicted octanol–water partition coefficient (Wildman–Crippen LogP) is 7.02. The largest absolute Gasteiger partial charge is 0.489 e. The van der Waals surface area contributed by atoms with Crippen LogP contribution in [0.4, 0.5) is 5.82 Å². The molecule has 7 nitrogen and oxygen atoms in total. The highest BCUT2D eigenvalue weighted by Gasteiger charge is 2.23. The van der Waals surface area contributed by atoms with Crippen molar-refractivity contribution in [3.63, 3.8) is 0 Å². The monoisotopic (exact) mass is 555 g/mol. The third-order valence-electron chi connectivity index (χ3n) is 5.89. The molecule has 0 amide bonds. The van der Waals surface area contributed by atoms with Crippen molar-refractivity contribution in [2.75, 3.05) is 12.4 Å². The van der Waals surface area contributed by atoms with Gasteiger partial charge in [0.1, 0.15) is 30.5 Å². The van der Waals surface area contributed by atoms with Gasteiger partial charge in [0, 0.05) is 17.5 Å². The van der Waals surface area contributed by atoms with Gasteiger partial charge in [-0.3, -0.25) is 0 Å².